The molecular formula is C18H18Br2FNO3. The van der Waals surface area contributed by atoms with Crippen molar-refractivity contribution in [2.75, 3.05) is 18.5 Å². The fourth-order valence-electron chi connectivity index (χ4n) is 2.09. The number of amides is 1. The van der Waals surface area contributed by atoms with E-state index in [1.54, 1.807) is 18.2 Å². The first-order chi connectivity index (χ1) is 12.0. The van der Waals surface area contributed by atoms with Gasteiger partial charge in [0.1, 0.15) is 5.82 Å². The Morgan fingerprint density at radius 2 is 1.92 bits per heavy atom. The molecule has 2 rings (SSSR count). The summed E-state index contributed by atoms with van der Waals surface area (Å²) in [5, 5.41) is 2.56. The van der Waals surface area contributed by atoms with Crippen LogP contribution in [0.4, 0.5) is 10.1 Å². The van der Waals surface area contributed by atoms with Crippen LogP contribution in [0.25, 0.3) is 0 Å². The van der Waals surface area contributed by atoms with Crippen LogP contribution in [0, 0.1) is 5.82 Å². The summed E-state index contributed by atoms with van der Waals surface area (Å²) < 4.78 is 26.4. The van der Waals surface area contributed by atoms with Crippen molar-refractivity contribution in [3.05, 3.63) is 50.7 Å². The number of carbonyl (C=O) groups excluding carboxylic acids is 1. The fourth-order valence-corrected chi connectivity index (χ4v) is 2.98. The first kappa shape index (κ1) is 19.7. The highest BCUT2D eigenvalue weighted by Gasteiger charge is 2.17. The van der Waals surface area contributed by atoms with E-state index in [0.29, 0.717) is 39.2 Å². The molecule has 0 aromatic heterocycles. The van der Waals surface area contributed by atoms with Crippen molar-refractivity contribution in [3.8, 4) is 11.5 Å². The minimum Gasteiger partial charge on any atom is -0.490 e. The molecule has 2 aromatic carbocycles. The summed E-state index contributed by atoms with van der Waals surface area (Å²) in [5.41, 5.74) is 0.440. The zero-order valence-electron chi connectivity index (χ0n) is 13.9. The molecule has 0 aliphatic heterocycles. The van der Waals surface area contributed by atoms with Crippen LogP contribution < -0.4 is 14.8 Å². The highest BCUT2D eigenvalue weighted by atomic mass is 79.9. The molecule has 0 unspecified atom stereocenters. The van der Waals surface area contributed by atoms with Gasteiger partial charge in [-0.15, -0.1) is 0 Å². The second kappa shape index (κ2) is 9.20. The van der Waals surface area contributed by atoms with Gasteiger partial charge in [0.25, 0.3) is 5.91 Å². The summed E-state index contributed by atoms with van der Waals surface area (Å²) in [6.45, 7) is 4.82. The van der Waals surface area contributed by atoms with Crippen LogP contribution in [0.5, 0.6) is 11.5 Å². The van der Waals surface area contributed by atoms with Gasteiger partial charge in [-0.1, -0.05) is 22.9 Å². The van der Waals surface area contributed by atoms with E-state index >= 15 is 0 Å². The summed E-state index contributed by atoms with van der Waals surface area (Å²) >= 11 is 6.59. The van der Waals surface area contributed by atoms with Crippen molar-refractivity contribution < 1.29 is 18.7 Å². The third kappa shape index (κ3) is 5.19. The molecule has 134 valence electrons. The van der Waals surface area contributed by atoms with Crippen LogP contribution in [0.3, 0.4) is 0 Å². The lowest BCUT2D eigenvalue weighted by Crippen LogP contribution is -2.14. The van der Waals surface area contributed by atoms with E-state index in [4.69, 9.17) is 9.47 Å². The zero-order chi connectivity index (χ0) is 18.4. The fraction of sp³-hybridized carbons (Fsp3) is 0.278. The molecule has 0 heterocycles. The Hall–Kier alpha value is -1.60. The molecular weight excluding hydrogens is 457 g/mol. The van der Waals surface area contributed by atoms with E-state index in [1.807, 2.05) is 13.8 Å². The Morgan fingerprint density at radius 1 is 1.16 bits per heavy atom. The van der Waals surface area contributed by atoms with E-state index in [9.17, 15) is 9.18 Å². The van der Waals surface area contributed by atoms with Gasteiger partial charge in [0.2, 0.25) is 0 Å². The lowest BCUT2D eigenvalue weighted by atomic mass is 10.1. The molecule has 1 N–H and O–H groups in total. The third-order valence-electron chi connectivity index (χ3n) is 3.20. The number of anilines is 1. The lowest BCUT2D eigenvalue weighted by Gasteiger charge is -2.15. The second-order valence-electron chi connectivity index (χ2n) is 5.15. The zero-order valence-corrected chi connectivity index (χ0v) is 17.0. The number of ether oxygens (including phenoxy) is 2. The van der Waals surface area contributed by atoms with Gasteiger partial charge in [-0.2, -0.15) is 0 Å². The molecule has 0 aliphatic carbocycles. The Bertz CT molecular complexity index is 768. The third-order valence-corrected chi connectivity index (χ3v) is 4.28. The average Bonchev–Trinajstić information content (AvgIpc) is 2.56. The van der Waals surface area contributed by atoms with Crippen LogP contribution in [-0.2, 0) is 0 Å². The van der Waals surface area contributed by atoms with Gasteiger partial charge in [-0.25, -0.2) is 4.39 Å². The van der Waals surface area contributed by atoms with Gasteiger partial charge in [-0.3, -0.25) is 4.79 Å². The molecule has 0 atom stereocenters. The number of rotatable bonds is 7. The van der Waals surface area contributed by atoms with E-state index in [1.165, 1.54) is 12.1 Å². The van der Waals surface area contributed by atoms with Gasteiger partial charge in [0.05, 0.1) is 23.4 Å². The Morgan fingerprint density at radius 3 is 2.56 bits per heavy atom. The van der Waals surface area contributed by atoms with Crippen LogP contribution in [0.15, 0.2) is 39.3 Å². The van der Waals surface area contributed by atoms with Gasteiger partial charge >= 0.3 is 0 Å². The van der Waals surface area contributed by atoms with Crippen molar-refractivity contribution in [2.24, 2.45) is 0 Å². The van der Waals surface area contributed by atoms with E-state index in [-0.39, 0.29) is 5.69 Å². The predicted octanol–water partition coefficient (Wildman–Crippen LogP) is 5.79. The predicted molar refractivity (Wildman–Crippen MR) is 103 cm³/mol. The molecule has 7 heteroatoms. The molecule has 0 aliphatic rings. The number of benzene rings is 2. The molecule has 4 nitrogen and oxygen atoms in total. The van der Waals surface area contributed by atoms with Crippen molar-refractivity contribution in [1.82, 2.24) is 0 Å². The largest absolute Gasteiger partial charge is 0.490 e. The monoisotopic (exact) mass is 473 g/mol. The maximum absolute atomic E-state index is 13.9. The van der Waals surface area contributed by atoms with Gasteiger partial charge in [0.15, 0.2) is 11.5 Å². The van der Waals surface area contributed by atoms with Crippen molar-refractivity contribution >= 4 is 43.5 Å². The molecule has 0 fully saturated rings. The Kier molecular flexibility index (Phi) is 7.25. The van der Waals surface area contributed by atoms with E-state index < -0.39 is 11.7 Å². The van der Waals surface area contributed by atoms with Gasteiger partial charge in [-0.05, 0) is 59.6 Å². The van der Waals surface area contributed by atoms with Crippen molar-refractivity contribution in [3.63, 3.8) is 0 Å². The standard InChI is InChI=1S/C18H18Br2FNO3/c1-3-7-25-17-13(20)8-11(9-16(17)24-4-2)18(23)22-15-6-5-12(19)10-14(15)21/h5-6,8-10H,3-4,7H2,1-2H3,(H,22,23). The highest BCUT2D eigenvalue weighted by molar-refractivity contribution is 9.10. The number of carbonyl (C=O) groups is 1. The number of hydrogen-bond acceptors (Lipinski definition) is 3. The van der Waals surface area contributed by atoms with E-state index in [0.717, 1.165) is 6.42 Å². The maximum Gasteiger partial charge on any atom is 0.255 e. The molecule has 25 heavy (non-hydrogen) atoms. The lowest BCUT2D eigenvalue weighted by molar-refractivity contribution is 0.102. The van der Waals surface area contributed by atoms with Crippen LogP contribution in [0.1, 0.15) is 30.6 Å². The molecule has 0 bridgehead atoms. The second-order valence-corrected chi connectivity index (χ2v) is 6.92. The van der Waals surface area contributed by atoms with Gasteiger partial charge in [0, 0.05) is 10.0 Å². The van der Waals surface area contributed by atoms with Crippen molar-refractivity contribution in [1.29, 1.82) is 0 Å². The molecule has 0 saturated heterocycles. The minimum absolute atomic E-state index is 0.105. The first-order valence-corrected chi connectivity index (χ1v) is 9.40. The molecule has 1 amide bonds. The van der Waals surface area contributed by atoms with Crippen LogP contribution in [-0.4, -0.2) is 19.1 Å². The smallest absolute Gasteiger partial charge is 0.255 e. The quantitative estimate of drug-likeness (QED) is 0.552. The summed E-state index contributed by atoms with van der Waals surface area (Å²) in [5.74, 6) is 0.0569. The minimum atomic E-state index is -0.519. The normalized spacial score (nSPS) is 10.4. The maximum atomic E-state index is 13.9. The summed E-state index contributed by atoms with van der Waals surface area (Å²) in [4.78, 5) is 12.5. The van der Waals surface area contributed by atoms with E-state index in [2.05, 4.69) is 37.2 Å². The highest BCUT2D eigenvalue weighted by Crippen LogP contribution is 2.37. The number of nitrogens with one attached hydrogen (secondary N) is 1. The topological polar surface area (TPSA) is 47.6 Å². The molecule has 0 spiro atoms. The Balaban J connectivity index is 2.29. The SMILES string of the molecule is CCCOc1c(Br)cc(C(=O)Nc2ccc(Br)cc2F)cc1OCC. The summed E-state index contributed by atoms with van der Waals surface area (Å²) in [6, 6.07) is 7.65. The average molecular weight is 475 g/mol. The van der Waals surface area contributed by atoms with Gasteiger partial charge < -0.3 is 14.8 Å². The number of hydrogen-bond donors (Lipinski definition) is 1. The molecule has 2 aromatic rings. The first-order valence-electron chi connectivity index (χ1n) is 7.81. The van der Waals surface area contributed by atoms with Crippen molar-refractivity contribution in [2.45, 2.75) is 20.3 Å². The van der Waals surface area contributed by atoms with Crippen LogP contribution >= 0.6 is 31.9 Å². The number of halogens is 3. The molecule has 0 radical (unpaired) electrons. The summed E-state index contributed by atoms with van der Waals surface area (Å²) in [6.07, 6.45) is 0.850. The van der Waals surface area contributed by atoms with Crippen LogP contribution in [0.2, 0.25) is 0 Å². The Labute approximate surface area is 163 Å². The molecule has 0 saturated carbocycles. The summed E-state index contributed by atoms with van der Waals surface area (Å²) in [7, 11) is 0.